The van der Waals surface area contributed by atoms with Crippen molar-refractivity contribution in [2.24, 2.45) is 0 Å². The van der Waals surface area contributed by atoms with Crippen molar-refractivity contribution in [3.05, 3.63) is 47.3 Å². The van der Waals surface area contributed by atoms with Gasteiger partial charge in [-0.3, -0.25) is 0 Å². The Morgan fingerprint density at radius 2 is 1.82 bits per heavy atom. The number of alkyl halides is 3. The lowest BCUT2D eigenvalue weighted by Crippen LogP contribution is -2.09. The van der Waals surface area contributed by atoms with Crippen LogP contribution in [0.4, 0.5) is 13.2 Å². The Morgan fingerprint density at radius 3 is 2.45 bits per heavy atom. The minimum atomic E-state index is -4.45. The van der Waals surface area contributed by atoms with E-state index in [0.717, 1.165) is 40.9 Å². The molecule has 0 aliphatic heterocycles. The van der Waals surface area contributed by atoms with Crippen LogP contribution in [-0.2, 0) is 6.18 Å². The maximum atomic E-state index is 12.5. The predicted octanol–water partition coefficient (Wildman–Crippen LogP) is 4.28. The molecule has 2 aromatic rings. The van der Waals surface area contributed by atoms with Crippen LogP contribution in [0.15, 0.2) is 35.6 Å². The number of aryl methyl sites for hydroxylation is 2. The van der Waals surface area contributed by atoms with Gasteiger partial charge in [-0.25, -0.2) is 9.97 Å². The maximum Gasteiger partial charge on any atom is 0.433 e. The number of para-hydroxylation sites is 1. The van der Waals surface area contributed by atoms with Gasteiger partial charge < -0.3 is 4.74 Å². The van der Waals surface area contributed by atoms with E-state index in [1.807, 2.05) is 32.0 Å². The summed E-state index contributed by atoms with van der Waals surface area (Å²) in [6, 6.07) is 6.71. The number of halogens is 3. The van der Waals surface area contributed by atoms with Crippen molar-refractivity contribution < 1.29 is 17.9 Å². The van der Waals surface area contributed by atoms with Gasteiger partial charge in [-0.15, -0.1) is 0 Å². The lowest BCUT2D eigenvalue weighted by molar-refractivity contribution is -0.141. The summed E-state index contributed by atoms with van der Waals surface area (Å²) in [5.74, 6) is 1.28. The van der Waals surface area contributed by atoms with Crippen LogP contribution in [0.3, 0.4) is 0 Å². The second-order valence-electron chi connectivity index (χ2n) is 4.64. The number of benzene rings is 1. The first-order valence-electron chi connectivity index (χ1n) is 6.60. The van der Waals surface area contributed by atoms with Gasteiger partial charge >= 0.3 is 6.18 Å². The summed E-state index contributed by atoms with van der Waals surface area (Å²) in [5.41, 5.74) is 1.13. The highest BCUT2D eigenvalue weighted by molar-refractivity contribution is 7.99. The highest BCUT2D eigenvalue weighted by atomic mass is 32.2. The Hall–Kier alpha value is -1.76. The van der Waals surface area contributed by atoms with Crippen molar-refractivity contribution in [3.63, 3.8) is 0 Å². The molecule has 0 saturated carbocycles. The Labute approximate surface area is 130 Å². The zero-order chi connectivity index (χ0) is 16.2. The van der Waals surface area contributed by atoms with E-state index in [1.54, 1.807) is 0 Å². The van der Waals surface area contributed by atoms with E-state index in [9.17, 15) is 13.2 Å². The fourth-order valence-electron chi connectivity index (χ4n) is 1.87. The molecule has 7 heteroatoms. The lowest BCUT2D eigenvalue weighted by atomic mass is 10.1. The van der Waals surface area contributed by atoms with E-state index in [1.165, 1.54) is 0 Å². The second kappa shape index (κ2) is 7.00. The zero-order valence-electron chi connectivity index (χ0n) is 12.1. The van der Waals surface area contributed by atoms with E-state index in [0.29, 0.717) is 12.4 Å². The van der Waals surface area contributed by atoms with Gasteiger partial charge in [-0.1, -0.05) is 30.0 Å². The summed E-state index contributed by atoms with van der Waals surface area (Å²) >= 11 is 1.13. The zero-order valence-corrected chi connectivity index (χ0v) is 13.0. The molecule has 3 nitrogen and oxygen atoms in total. The van der Waals surface area contributed by atoms with E-state index in [4.69, 9.17) is 4.74 Å². The van der Waals surface area contributed by atoms with Crippen molar-refractivity contribution >= 4 is 11.8 Å². The van der Waals surface area contributed by atoms with Crippen LogP contribution in [0.1, 0.15) is 16.8 Å². The number of hydrogen-bond donors (Lipinski definition) is 0. The molecule has 0 fully saturated rings. The first kappa shape index (κ1) is 16.6. The molecule has 0 aliphatic rings. The van der Waals surface area contributed by atoms with Crippen LogP contribution in [0, 0.1) is 13.8 Å². The average molecular weight is 328 g/mol. The average Bonchev–Trinajstić information content (AvgIpc) is 2.45. The quantitative estimate of drug-likeness (QED) is 0.466. The number of aromatic nitrogens is 2. The molecule has 0 spiro atoms. The molecule has 1 aromatic heterocycles. The molecular weight excluding hydrogens is 313 g/mol. The summed E-state index contributed by atoms with van der Waals surface area (Å²) in [6.07, 6.45) is -3.34. The number of rotatable bonds is 5. The second-order valence-corrected chi connectivity index (χ2v) is 5.70. The van der Waals surface area contributed by atoms with Gasteiger partial charge in [0.2, 0.25) is 0 Å². The minimum Gasteiger partial charge on any atom is -0.492 e. The standard InChI is InChI=1S/C15H15F3N2OS/c1-10-4-3-5-11(2)13(10)21-8-9-22-14-19-7-6-12(20-14)15(16,17)18/h3-7H,8-9H2,1-2H3. The van der Waals surface area contributed by atoms with Crippen molar-refractivity contribution in [3.8, 4) is 5.75 Å². The highest BCUT2D eigenvalue weighted by Gasteiger charge is 2.32. The minimum absolute atomic E-state index is 0.0972. The van der Waals surface area contributed by atoms with Crippen LogP contribution >= 0.6 is 11.8 Å². The largest absolute Gasteiger partial charge is 0.492 e. The van der Waals surface area contributed by atoms with Gasteiger partial charge in [-0.05, 0) is 31.0 Å². The summed E-state index contributed by atoms with van der Waals surface area (Å²) < 4.78 is 43.3. The van der Waals surface area contributed by atoms with Gasteiger partial charge in [0.15, 0.2) is 5.16 Å². The van der Waals surface area contributed by atoms with E-state index in [2.05, 4.69) is 9.97 Å². The van der Waals surface area contributed by atoms with Crippen molar-refractivity contribution in [1.82, 2.24) is 9.97 Å². The van der Waals surface area contributed by atoms with E-state index in [-0.39, 0.29) is 5.16 Å². The van der Waals surface area contributed by atoms with Crippen LogP contribution in [0.2, 0.25) is 0 Å². The van der Waals surface area contributed by atoms with Crippen LogP contribution in [-0.4, -0.2) is 22.3 Å². The fourth-order valence-corrected chi connectivity index (χ4v) is 2.52. The van der Waals surface area contributed by atoms with Crippen LogP contribution < -0.4 is 4.74 Å². The molecule has 0 aliphatic carbocycles. The molecule has 0 amide bonds. The topological polar surface area (TPSA) is 35.0 Å². The highest BCUT2D eigenvalue weighted by Crippen LogP contribution is 2.28. The Morgan fingerprint density at radius 1 is 1.14 bits per heavy atom. The summed E-state index contributed by atoms with van der Waals surface area (Å²) in [6.45, 7) is 4.27. The fraction of sp³-hybridized carbons (Fsp3) is 0.333. The van der Waals surface area contributed by atoms with Gasteiger partial charge in [0.05, 0.1) is 6.61 Å². The van der Waals surface area contributed by atoms with Crippen molar-refractivity contribution in [2.45, 2.75) is 25.2 Å². The molecule has 0 atom stereocenters. The number of ether oxygens (including phenoxy) is 1. The normalized spacial score (nSPS) is 11.5. The number of nitrogens with zero attached hydrogens (tertiary/aromatic N) is 2. The molecule has 2 rings (SSSR count). The number of hydrogen-bond acceptors (Lipinski definition) is 4. The summed E-state index contributed by atoms with van der Waals surface area (Å²) in [5, 5.41) is 0.0972. The predicted molar refractivity (Wildman–Crippen MR) is 79.2 cm³/mol. The molecule has 118 valence electrons. The monoisotopic (exact) mass is 328 g/mol. The third-order valence-electron chi connectivity index (χ3n) is 2.89. The first-order chi connectivity index (χ1) is 10.4. The third-order valence-corrected chi connectivity index (χ3v) is 3.72. The number of thioether (sulfide) groups is 1. The van der Waals surface area contributed by atoms with E-state index < -0.39 is 11.9 Å². The third kappa shape index (κ3) is 4.37. The molecule has 1 aromatic carbocycles. The Balaban J connectivity index is 1.89. The molecule has 0 bridgehead atoms. The molecule has 0 saturated heterocycles. The summed E-state index contributed by atoms with van der Waals surface area (Å²) in [7, 11) is 0. The van der Waals surface area contributed by atoms with Gasteiger partial charge in [-0.2, -0.15) is 13.2 Å². The first-order valence-corrected chi connectivity index (χ1v) is 7.58. The molecule has 1 heterocycles. The smallest absolute Gasteiger partial charge is 0.433 e. The Kier molecular flexibility index (Phi) is 5.28. The van der Waals surface area contributed by atoms with Crippen molar-refractivity contribution in [1.29, 1.82) is 0 Å². The van der Waals surface area contributed by atoms with Gasteiger partial charge in [0, 0.05) is 11.9 Å². The van der Waals surface area contributed by atoms with E-state index >= 15 is 0 Å². The van der Waals surface area contributed by atoms with Crippen molar-refractivity contribution in [2.75, 3.05) is 12.4 Å². The lowest BCUT2D eigenvalue weighted by Gasteiger charge is -2.11. The molecule has 0 unspecified atom stereocenters. The molecular formula is C15H15F3N2OS. The van der Waals surface area contributed by atoms with Gasteiger partial charge in [0.25, 0.3) is 0 Å². The molecule has 0 N–H and O–H groups in total. The van der Waals surface area contributed by atoms with Crippen LogP contribution in [0.25, 0.3) is 0 Å². The van der Waals surface area contributed by atoms with Gasteiger partial charge in [0.1, 0.15) is 11.4 Å². The SMILES string of the molecule is Cc1cccc(C)c1OCCSc1nccc(C(F)(F)F)n1. The van der Waals surface area contributed by atoms with Crippen LogP contribution in [0.5, 0.6) is 5.75 Å². The Bertz CT molecular complexity index is 627. The molecule has 22 heavy (non-hydrogen) atoms. The molecule has 0 radical (unpaired) electrons. The maximum absolute atomic E-state index is 12.5. The summed E-state index contributed by atoms with van der Waals surface area (Å²) in [4.78, 5) is 7.32.